The largest absolute Gasteiger partial charge is 0.337 e. The van der Waals surface area contributed by atoms with Crippen LogP contribution in [0.3, 0.4) is 0 Å². The topological polar surface area (TPSA) is 75.4 Å². The highest BCUT2D eigenvalue weighted by molar-refractivity contribution is 5.79. The zero-order valence-corrected chi connectivity index (χ0v) is 7.98. The minimum absolute atomic E-state index is 0.00847. The van der Waals surface area contributed by atoms with Crippen molar-refractivity contribution in [1.29, 1.82) is 0 Å². The number of fused-ring (bicyclic) bond motifs is 1. The number of nitrogens with zero attached hydrogens (tertiary/aromatic N) is 1. The van der Waals surface area contributed by atoms with Crippen LogP contribution in [-0.2, 0) is 9.59 Å². The summed E-state index contributed by atoms with van der Waals surface area (Å²) in [4.78, 5) is 23.9. The molecule has 0 aromatic rings. The zero-order chi connectivity index (χ0) is 10.1. The van der Waals surface area contributed by atoms with E-state index < -0.39 is 0 Å². The van der Waals surface area contributed by atoms with Gasteiger partial charge in [0, 0.05) is 25.0 Å². The van der Waals surface area contributed by atoms with E-state index in [1.807, 2.05) is 0 Å². The molecule has 2 saturated heterocycles. The number of hydrogen-bond donors (Lipinski definition) is 2. The van der Waals surface area contributed by atoms with E-state index in [-0.39, 0.29) is 24.5 Å². The van der Waals surface area contributed by atoms with Crippen molar-refractivity contribution in [2.45, 2.75) is 18.5 Å². The van der Waals surface area contributed by atoms with Crippen molar-refractivity contribution in [3.63, 3.8) is 0 Å². The Bertz CT molecular complexity index is 256. The van der Waals surface area contributed by atoms with Crippen molar-refractivity contribution in [1.82, 2.24) is 10.2 Å². The second-order valence-electron chi connectivity index (χ2n) is 3.88. The molecule has 0 saturated carbocycles. The summed E-state index contributed by atoms with van der Waals surface area (Å²) in [6.07, 6.45) is 1.86. The van der Waals surface area contributed by atoms with E-state index in [0.717, 1.165) is 25.8 Å². The smallest absolute Gasteiger partial charge is 0.236 e. The first-order chi connectivity index (χ1) is 6.77. The van der Waals surface area contributed by atoms with Gasteiger partial charge in [-0.05, 0) is 6.42 Å². The molecule has 2 rings (SSSR count). The molecule has 3 N–H and O–H groups in total. The van der Waals surface area contributed by atoms with E-state index in [1.54, 1.807) is 4.90 Å². The molecule has 0 aromatic carbocycles. The Balaban J connectivity index is 2.07. The van der Waals surface area contributed by atoms with Crippen LogP contribution in [-0.4, -0.2) is 48.8 Å². The molecule has 14 heavy (non-hydrogen) atoms. The maximum atomic E-state index is 11.4. The van der Waals surface area contributed by atoms with Gasteiger partial charge in [0.05, 0.1) is 12.6 Å². The van der Waals surface area contributed by atoms with Gasteiger partial charge in [-0.15, -0.1) is 0 Å². The van der Waals surface area contributed by atoms with Gasteiger partial charge < -0.3 is 20.7 Å². The molecule has 1 amide bonds. The van der Waals surface area contributed by atoms with Gasteiger partial charge in [0.25, 0.3) is 0 Å². The second kappa shape index (κ2) is 3.67. The molecule has 3 atom stereocenters. The average Bonchev–Trinajstić information content (AvgIpc) is 2.76. The fourth-order valence-electron chi connectivity index (χ4n) is 2.54. The summed E-state index contributed by atoms with van der Waals surface area (Å²) in [7, 11) is 0. The van der Waals surface area contributed by atoms with Crippen molar-refractivity contribution in [2.24, 2.45) is 11.7 Å². The number of carbonyl (C=O) groups is 2. The highest BCUT2D eigenvalue weighted by Crippen LogP contribution is 2.30. The molecule has 5 nitrogen and oxygen atoms in total. The summed E-state index contributed by atoms with van der Waals surface area (Å²) in [6, 6.07) is 0.108. The molecule has 2 aliphatic heterocycles. The van der Waals surface area contributed by atoms with E-state index >= 15 is 0 Å². The molecule has 0 spiro atoms. The molecule has 78 valence electrons. The first-order valence-corrected chi connectivity index (χ1v) is 4.96. The summed E-state index contributed by atoms with van der Waals surface area (Å²) < 4.78 is 0. The van der Waals surface area contributed by atoms with Gasteiger partial charge in [-0.2, -0.15) is 0 Å². The Kier molecular flexibility index (Phi) is 2.52. The van der Waals surface area contributed by atoms with E-state index in [4.69, 9.17) is 5.73 Å². The lowest BCUT2D eigenvalue weighted by Crippen LogP contribution is -2.42. The van der Waals surface area contributed by atoms with Crippen molar-refractivity contribution >= 4 is 12.2 Å². The fraction of sp³-hybridized carbons (Fsp3) is 0.778. The van der Waals surface area contributed by atoms with Crippen molar-refractivity contribution in [3.8, 4) is 0 Å². The van der Waals surface area contributed by atoms with Gasteiger partial charge in [0.1, 0.15) is 6.29 Å². The minimum atomic E-state index is -0.0735. The molecule has 5 heteroatoms. The first kappa shape index (κ1) is 9.61. The Morgan fingerprint density at radius 1 is 1.64 bits per heavy atom. The molecular weight excluding hydrogens is 182 g/mol. The van der Waals surface area contributed by atoms with E-state index in [0.29, 0.717) is 5.92 Å². The maximum absolute atomic E-state index is 11.4. The predicted molar refractivity (Wildman–Crippen MR) is 50.5 cm³/mol. The van der Waals surface area contributed by atoms with Gasteiger partial charge in [-0.25, -0.2) is 0 Å². The lowest BCUT2D eigenvalue weighted by molar-refractivity contribution is -0.130. The van der Waals surface area contributed by atoms with Crippen LogP contribution in [0.1, 0.15) is 6.42 Å². The van der Waals surface area contributed by atoms with Crippen LogP contribution >= 0.6 is 0 Å². The van der Waals surface area contributed by atoms with Crippen LogP contribution in [0.4, 0.5) is 0 Å². The number of nitrogens with one attached hydrogen (secondary N) is 1. The molecule has 0 radical (unpaired) electrons. The van der Waals surface area contributed by atoms with E-state index in [9.17, 15) is 9.59 Å². The van der Waals surface area contributed by atoms with Crippen molar-refractivity contribution in [2.75, 3.05) is 19.6 Å². The third-order valence-electron chi connectivity index (χ3n) is 3.26. The monoisotopic (exact) mass is 197 g/mol. The molecule has 0 aliphatic carbocycles. The number of amides is 1. The Labute approximate surface area is 82.6 Å². The SMILES string of the molecule is NCC(=O)N1CCC2C1CN[C@H]2C=O. The summed E-state index contributed by atoms with van der Waals surface area (Å²) >= 11 is 0. The molecule has 2 fully saturated rings. The third-order valence-corrected chi connectivity index (χ3v) is 3.26. The summed E-state index contributed by atoms with van der Waals surface area (Å²) in [5, 5.41) is 3.11. The lowest BCUT2D eigenvalue weighted by Gasteiger charge is -2.22. The molecule has 2 aliphatic rings. The maximum Gasteiger partial charge on any atom is 0.236 e. The van der Waals surface area contributed by atoms with Gasteiger partial charge in [0.2, 0.25) is 5.91 Å². The van der Waals surface area contributed by atoms with Crippen LogP contribution in [0.25, 0.3) is 0 Å². The summed E-state index contributed by atoms with van der Waals surface area (Å²) in [5.74, 6) is 0.286. The van der Waals surface area contributed by atoms with Crippen LogP contribution in [0.2, 0.25) is 0 Å². The minimum Gasteiger partial charge on any atom is -0.337 e. The number of likely N-dealkylation sites (tertiary alicyclic amines) is 1. The molecule has 2 unspecified atom stereocenters. The van der Waals surface area contributed by atoms with Crippen LogP contribution < -0.4 is 11.1 Å². The predicted octanol–water partition coefficient (Wildman–Crippen LogP) is -1.67. The Hall–Kier alpha value is -0.940. The van der Waals surface area contributed by atoms with E-state index in [2.05, 4.69) is 5.32 Å². The van der Waals surface area contributed by atoms with E-state index in [1.165, 1.54) is 0 Å². The van der Waals surface area contributed by atoms with Crippen molar-refractivity contribution in [3.05, 3.63) is 0 Å². The highest BCUT2D eigenvalue weighted by atomic mass is 16.2. The summed E-state index contributed by atoms with van der Waals surface area (Å²) in [6.45, 7) is 1.53. The zero-order valence-electron chi connectivity index (χ0n) is 7.98. The quantitative estimate of drug-likeness (QED) is 0.519. The fourth-order valence-corrected chi connectivity index (χ4v) is 2.54. The highest BCUT2D eigenvalue weighted by Gasteiger charge is 2.44. The first-order valence-electron chi connectivity index (χ1n) is 4.96. The molecule has 0 bridgehead atoms. The molecule has 0 aromatic heterocycles. The number of hydrogen-bond acceptors (Lipinski definition) is 4. The Morgan fingerprint density at radius 3 is 3.07 bits per heavy atom. The second-order valence-corrected chi connectivity index (χ2v) is 3.88. The van der Waals surface area contributed by atoms with Crippen LogP contribution in [0.15, 0.2) is 0 Å². The van der Waals surface area contributed by atoms with Gasteiger partial charge >= 0.3 is 0 Å². The summed E-state index contributed by atoms with van der Waals surface area (Å²) in [5.41, 5.74) is 5.32. The van der Waals surface area contributed by atoms with Crippen molar-refractivity contribution < 1.29 is 9.59 Å². The number of nitrogens with two attached hydrogens (primary N) is 1. The average molecular weight is 197 g/mol. The third kappa shape index (κ3) is 1.33. The van der Waals surface area contributed by atoms with Gasteiger partial charge in [-0.3, -0.25) is 4.79 Å². The van der Waals surface area contributed by atoms with Crippen LogP contribution in [0, 0.1) is 5.92 Å². The lowest BCUT2D eigenvalue weighted by atomic mass is 9.98. The number of carbonyl (C=O) groups excluding carboxylic acids is 2. The standard InChI is InChI=1S/C9H15N3O2/c10-3-9(14)12-2-1-6-7(5-13)11-4-8(6)12/h5-8,11H,1-4,10H2/t6?,7-,8?/m0/s1. The number of aldehydes is 1. The molecule has 2 heterocycles. The Morgan fingerprint density at radius 2 is 2.43 bits per heavy atom. The normalized spacial score (nSPS) is 35.8. The molecular formula is C9H15N3O2. The number of rotatable bonds is 2. The van der Waals surface area contributed by atoms with Crippen LogP contribution in [0.5, 0.6) is 0 Å². The van der Waals surface area contributed by atoms with Gasteiger partial charge in [0.15, 0.2) is 0 Å². The van der Waals surface area contributed by atoms with Gasteiger partial charge in [-0.1, -0.05) is 0 Å².